The van der Waals surface area contributed by atoms with E-state index in [9.17, 15) is 9.59 Å². The molecule has 122 valence electrons. The van der Waals surface area contributed by atoms with Crippen LogP contribution in [-0.4, -0.2) is 36.6 Å². The zero-order valence-electron chi connectivity index (χ0n) is 13.2. The number of rotatable bonds is 6. The Morgan fingerprint density at radius 3 is 2.61 bits per heavy atom. The van der Waals surface area contributed by atoms with Crippen LogP contribution < -0.4 is 10.1 Å². The third kappa shape index (κ3) is 4.29. The van der Waals surface area contributed by atoms with Crippen LogP contribution in [0.2, 0.25) is 0 Å². The molecule has 0 unspecified atom stereocenters. The molecule has 0 aliphatic carbocycles. The van der Waals surface area contributed by atoms with Gasteiger partial charge in [-0.1, -0.05) is 0 Å². The number of amides is 1. The van der Waals surface area contributed by atoms with Gasteiger partial charge in [-0.2, -0.15) is 0 Å². The fraction of sp³-hybridized carbons (Fsp3) is 0.312. The van der Waals surface area contributed by atoms with Gasteiger partial charge in [0, 0.05) is 17.5 Å². The van der Waals surface area contributed by atoms with Gasteiger partial charge in [0.25, 0.3) is 5.91 Å². The van der Waals surface area contributed by atoms with Crippen LogP contribution >= 0.6 is 11.3 Å². The van der Waals surface area contributed by atoms with Crippen molar-refractivity contribution in [1.29, 1.82) is 0 Å². The summed E-state index contributed by atoms with van der Waals surface area (Å²) in [5.41, 5.74) is 1.07. The van der Waals surface area contributed by atoms with Crippen molar-refractivity contribution < 1.29 is 19.1 Å². The molecule has 0 saturated carbocycles. The summed E-state index contributed by atoms with van der Waals surface area (Å²) in [7, 11) is 1.60. The highest BCUT2D eigenvalue weighted by atomic mass is 32.1. The van der Waals surface area contributed by atoms with Crippen molar-refractivity contribution in [3.05, 3.63) is 35.3 Å². The van der Waals surface area contributed by atoms with Gasteiger partial charge < -0.3 is 14.8 Å². The highest BCUT2D eigenvalue weighted by Crippen LogP contribution is 2.26. The van der Waals surface area contributed by atoms with Gasteiger partial charge in [0.05, 0.1) is 7.11 Å². The van der Waals surface area contributed by atoms with Crippen LogP contribution in [-0.2, 0) is 9.53 Å². The van der Waals surface area contributed by atoms with E-state index in [0.717, 1.165) is 11.3 Å². The summed E-state index contributed by atoms with van der Waals surface area (Å²) in [6.45, 7) is 3.81. The Morgan fingerprint density at radius 1 is 1.30 bits per heavy atom. The number of ether oxygens (including phenoxy) is 2. The number of carbonyl (C=O) groups excluding carboxylic acids is 2. The number of hydrogen-bond acceptors (Lipinski definition) is 6. The number of thiazole rings is 1. The van der Waals surface area contributed by atoms with Gasteiger partial charge in [-0.15, -0.1) is 11.3 Å². The molecule has 0 spiro atoms. The Kier molecular flexibility index (Phi) is 5.70. The summed E-state index contributed by atoms with van der Waals surface area (Å²) in [6.07, 6.45) is -0.853. The number of hydrogen-bond donors (Lipinski definition) is 1. The van der Waals surface area contributed by atoms with Crippen LogP contribution in [0.15, 0.2) is 29.6 Å². The molecule has 1 atom stereocenters. The third-order valence-corrected chi connectivity index (χ3v) is 3.95. The molecule has 1 aromatic heterocycles. The Bertz CT molecular complexity index is 682. The summed E-state index contributed by atoms with van der Waals surface area (Å²) in [6, 6.07) is 7.38. The van der Waals surface area contributed by atoms with Gasteiger partial charge in [0.2, 0.25) is 0 Å². The van der Waals surface area contributed by atoms with E-state index in [-0.39, 0.29) is 11.6 Å². The molecule has 6 nitrogen and oxygen atoms in total. The average molecular weight is 334 g/mol. The maximum atomic E-state index is 12.0. The van der Waals surface area contributed by atoms with E-state index in [1.54, 1.807) is 19.4 Å². The van der Waals surface area contributed by atoms with Crippen molar-refractivity contribution in [1.82, 2.24) is 10.3 Å². The number of carbonyl (C=O) groups is 2. The van der Waals surface area contributed by atoms with Crippen molar-refractivity contribution in [2.45, 2.75) is 20.0 Å². The van der Waals surface area contributed by atoms with Crippen LogP contribution in [0.5, 0.6) is 5.75 Å². The van der Waals surface area contributed by atoms with Crippen molar-refractivity contribution in [3.8, 4) is 16.3 Å². The highest BCUT2D eigenvalue weighted by Gasteiger charge is 2.20. The van der Waals surface area contributed by atoms with Crippen LogP contribution in [0.1, 0.15) is 24.3 Å². The maximum absolute atomic E-state index is 12.0. The van der Waals surface area contributed by atoms with E-state index in [0.29, 0.717) is 11.6 Å². The van der Waals surface area contributed by atoms with Crippen molar-refractivity contribution >= 4 is 23.2 Å². The summed E-state index contributed by atoms with van der Waals surface area (Å²) >= 11 is 1.34. The predicted octanol–water partition coefficient (Wildman–Crippen LogP) is 2.50. The molecule has 2 rings (SSSR count). The van der Waals surface area contributed by atoms with E-state index >= 15 is 0 Å². The topological polar surface area (TPSA) is 77.5 Å². The Morgan fingerprint density at radius 2 is 2.00 bits per heavy atom. The molecule has 1 aromatic carbocycles. The molecule has 0 saturated heterocycles. The lowest BCUT2D eigenvalue weighted by atomic mass is 10.2. The molecular formula is C16H18N2O4S. The lowest BCUT2D eigenvalue weighted by Gasteiger charge is -2.11. The van der Waals surface area contributed by atoms with Crippen LogP contribution in [0, 0.1) is 0 Å². The first-order chi connectivity index (χ1) is 11.0. The molecule has 1 N–H and O–H groups in total. The molecule has 23 heavy (non-hydrogen) atoms. The molecule has 0 fully saturated rings. The molecule has 1 amide bonds. The number of benzene rings is 1. The average Bonchev–Trinajstić information content (AvgIpc) is 3.05. The minimum atomic E-state index is -0.853. The minimum Gasteiger partial charge on any atom is -0.497 e. The third-order valence-electron chi connectivity index (χ3n) is 3.05. The van der Waals surface area contributed by atoms with Crippen LogP contribution in [0.4, 0.5) is 0 Å². The first-order valence-electron chi connectivity index (χ1n) is 7.13. The Balaban J connectivity index is 2.05. The molecule has 7 heteroatoms. The van der Waals surface area contributed by atoms with Gasteiger partial charge in [-0.3, -0.25) is 4.79 Å². The van der Waals surface area contributed by atoms with Gasteiger partial charge in [0.15, 0.2) is 11.8 Å². The maximum Gasteiger partial charge on any atom is 0.358 e. The van der Waals surface area contributed by atoms with Gasteiger partial charge in [0.1, 0.15) is 10.8 Å². The van der Waals surface area contributed by atoms with E-state index in [1.165, 1.54) is 18.3 Å². The lowest BCUT2D eigenvalue weighted by molar-refractivity contribution is -0.128. The zero-order valence-corrected chi connectivity index (χ0v) is 14.0. The number of esters is 1. The lowest BCUT2D eigenvalue weighted by Crippen LogP contribution is -2.35. The van der Waals surface area contributed by atoms with Crippen LogP contribution in [0.3, 0.4) is 0 Å². The molecule has 0 bridgehead atoms. The van der Waals surface area contributed by atoms with E-state index in [4.69, 9.17) is 9.47 Å². The predicted molar refractivity (Wildman–Crippen MR) is 87.7 cm³/mol. The molecule has 2 aromatic rings. The fourth-order valence-electron chi connectivity index (χ4n) is 1.83. The van der Waals surface area contributed by atoms with Crippen LogP contribution in [0.25, 0.3) is 10.6 Å². The van der Waals surface area contributed by atoms with E-state index in [1.807, 2.05) is 24.3 Å². The Labute approximate surface area is 138 Å². The zero-order chi connectivity index (χ0) is 16.8. The molecular weight excluding hydrogens is 316 g/mol. The quantitative estimate of drug-likeness (QED) is 0.821. The standard InChI is InChI=1S/C16H18N2O4S/c1-4-17-14(19)10(2)22-16(20)13-9-23-15(18-13)11-5-7-12(21-3)8-6-11/h5-10H,4H2,1-3H3,(H,17,19)/t10-/m1/s1. The van der Waals surface area contributed by atoms with Gasteiger partial charge >= 0.3 is 5.97 Å². The smallest absolute Gasteiger partial charge is 0.358 e. The highest BCUT2D eigenvalue weighted by molar-refractivity contribution is 7.13. The first-order valence-corrected chi connectivity index (χ1v) is 8.01. The largest absolute Gasteiger partial charge is 0.497 e. The number of likely N-dealkylation sites (N-methyl/N-ethyl adjacent to an activating group) is 1. The summed E-state index contributed by atoms with van der Waals surface area (Å²) in [5.74, 6) is -0.188. The monoisotopic (exact) mass is 334 g/mol. The van der Waals surface area contributed by atoms with Crippen molar-refractivity contribution in [2.24, 2.45) is 0 Å². The minimum absolute atomic E-state index is 0.192. The SMILES string of the molecule is CCNC(=O)[C@@H](C)OC(=O)c1csc(-c2ccc(OC)cc2)n1. The number of nitrogens with one attached hydrogen (secondary N) is 1. The van der Waals surface area contributed by atoms with Crippen molar-refractivity contribution in [2.75, 3.05) is 13.7 Å². The number of nitrogens with zero attached hydrogens (tertiary/aromatic N) is 1. The van der Waals surface area contributed by atoms with E-state index in [2.05, 4.69) is 10.3 Å². The Hall–Kier alpha value is -2.41. The molecule has 0 aliphatic rings. The molecule has 1 heterocycles. The molecule has 0 radical (unpaired) electrons. The number of aromatic nitrogens is 1. The second-order valence-electron chi connectivity index (χ2n) is 4.71. The summed E-state index contributed by atoms with van der Waals surface area (Å²) < 4.78 is 10.2. The fourth-order valence-corrected chi connectivity index (χ4v) is 2.62. The second kappa shape index (κ2) is 7.73. The summed E-state index contributed by atoms with van der Waals surface area (Å²) in [5, 5.41) is 4.91. The van der Waals surface area contributed by atoms with Gasteiger partial charge in [-0.05, 0) is 38.1 Å². The normalized spacial score (nSPS) is 11.6. The first kappa shape index (κ1) is 17.0. The van der Waals surface area contributed by atoms with Gasteiger partial charge in [-0.25, -0.2) is 9.78 Å². The summed E-state index contributed by atoms with van der Waals surface area (Å²) in [4.78, 5) is 27.9. The number of methoxy groups -OCH3 is 1. The molecule has 0 aliphatic heterocycles. The second-order valence-corrected chi connectivity index (χ2v) is 5.57. The van der Waals surface area contributed by atoms with Crippen molar-refractivity contribution in [3.63, 3.8) is 0 Å². The van der Waals surface area contributed by atoms with E-state index < -0.39 is 12.1 Å².